The molecule has 1 aliphatic heterocycles. The van der Waals surface area contributed by atoms with Gasteiger partial charge in [-0.25, -0.2) is 4.79 Å². The first-order valence-corrected chi connectivity index (χ1v) is 7.21. The summed E-state index contributed by atoms with van der Waals surface area (Å²) in [7, 11) is -1.25. The van der Waals surface area contributed by atoms with Gasteiger partial charge in [0.05, 0.1) is 10.0 Å². The van der Waals surface area contributed by atoms with Crippen LogP contribution in [0.3, 0.4) is 0 Å². The van der Waals surface area contributed by atoms with E-state index in [0.717, 1.165) is 0 Å². The fourth-order valence-electron chi connectivity index (χ4n) is 2.35. The Kier molecular flexibility index (Phi) is 4.81. The van der Waals surface area contributed by atoms with E-state index in [1.54, 1.807) is 6.92 Å². The molecule has 1 aliphatic rings. The van der Waals surface area contributed by atoms with Gasteiger partial charge in [0.1, 0.15) is 17.1 Å². The number of carboxylic acids is 1. The fraction of sp³-hybridized carbons (Fsp3) is 0.385. The molecule has 0 saturated carbocycles. The van der Waals surface area contributed by atoms with E-state index in [1.807, 2.05) is 0 Å². The number of carbonyl (C=O) groups excluding carboxylic acids is 1. The zero-order chi connectivity index (χ0) is 15.7. The number of carboxylic acid groups (broad SMARTS) is 1. The average Bonchev–Trinajstić information content (AvgIpc) is 2.41. The molecule has 2 rings (SSSR count). The molecule has 0 unspecified atom stereocenters. The molecule has 0 radical (unpaired) electrons. The minimum Gasteiger partial charge on any atom is -0.535 e. The maximum absolute atomic E-state index is 11.5. The average molecular weight is 331 g/mol. The minimum absolute atomic E-state index is 0.00428. The van der Waals surface area contributed by atoms with Crippen LogP contribution >= 0.6 is 23.2 Å². The second kappa shape index (κ2) is 6.26. The molecule has 0 fully saturated rings. The van der Waals surface area contributed by atoms with E-state index in [1.165, 1.54) is 6.07 Å². The molecule has 0 saturated heterocycles. The van der Waals surface area contributed by atoms with Gasteiger partial charge in [-0.05, 0) is 18.1 Å². The number of rotatable bonds is 4. The first-order chi connectivity index (χ1) is 9.85. The fourth-order valence-corrected chi connectivity index (χ4v) is 2.80. The molecule has 0 bridgehead atoms. The predicted molar refractivity (Wildman–Crippen MR) is 79.4 cm³/mol. The highest BCUT2D eigenvalue weighted by molar-refractivity contribution is 6.48. The Balaban J connectivity index is 2.42. The summed E-state index contributed by atoms with van der Waals surface area (Å²) in [6.45, 7) is 1.74. The van der Waals surface area contributed by atoms with Crippen LogP contribution in [0.5, 0.6) is 5.75 Å². The number of hydrogen-bond acceptors (Lipinski definition) is 4. The second-order valence-electron chi connectivity index (χ2n) is 4.91. The van der Waals surface area contributed by atoms with Gasteiger partial charge in [0.25, 0.3) is 0 Å². The van der Waals surface area contributed by atoms with Gasteiger partial charge in [-0.2, -0.15) is 0 Å². The number of benzene rings is 1. The monoisotopic (exact) mass is 330 g/mol. The molecule has 0 amide bonds. The van der Waals surface area contributed by atoms with E-state index in [2.05, 4.69) is 0 Å². The first-order valence-electron chi connectivity index (χ1n) is 6.45. The third kappa shape index (κ3) is 3.17. The van der Waals surface area contributed by atoms with Crippen molar-refractivity contribution >= 4 is 42.1 Å². The molecule has 2 N–H and O–H groups in total. The predicted octanol–water partition coefficient (Wildman–Crippen LogP) is 2.85. The van der Waals surface area contributed by atoms with Crippen LogP contribution in [-0.4, -0.2) is 29.0 Å². The van der Waals surface area contributed by atoms with E-state index >= 15 is 0 Å². The maximum atomic E-state index is 11.5. The Morgan fingerprint density at radius 1 is 1.48 bits per heavy atom. The van der Waals surface area contributed by atoms with Crippen molar-refractivity contribution in [1.29, 1.82) is 0 Å². The maximum Gasteiger partial charge on any atom is 0.526 e. The summed E-state index contributed by atoms with van der Waals surface area (Å²) in [5, 5.41) is 19.2. The van der Waals surface area contributed by atoms with Crippen molar-refractivity contribution in [3.8, 4) is 5.75 Å². The van der Waals surface area contributed by atoms with E-state index in [0.29, 0.717) is 18.4 Å². The van der Waals surface area contributed by atoms with E-state index in [-0.39, 0.29) is 33.6 Å². The Bertz CT molecular complexity index is 605. The van der Waals surface area contributed by atoms with Crippen molar-refractivity contribution in [2.24, 2.45) is 0 Å². The molecule has 112 valence electrons. The molecule has 21 heavy (non-hydrogen) atoms. The summed E-state index contributed by atoms with van der Waals surface area (Å²) in [6.07, 6.45) is 0.844. The van der Waals surface area contributed by atoms with E-state index in [4.69, 9.17) is 27.9 Å². The van der Waals surface area contributed by atoms with Crippen LogP contribution in [0.1, 0.15) is 35.7 Å². The van der Waals surface area contributed by atoms with Gasteiger partial charge in [-0.1, -0.05) is 30.1 Å². The molecule has 8 heteroatoms. The smallest absolute Gasteiger partial charge is 0.526 e. The molecular weight excluding hydrogens is 318 g/mol. The zero-order valence-corrected chi connectivity index (χ0v) is 12.7. The number of halogens is 2. The first kappa shape index (κ1) is 16.1. The van der Waals surface area contributed by atoms with Gasteiger partial charge in [0.2, 0.25) is 0 Å². The molecule has 1 heterocycles. The molecule has 1 atom stereocenters. The molecule has 1 aromatic carbocycles. The van der Waals surface area contributed by atoms with Crippen LogP contribution in [0, 0.1) is 0 Å². The third-order valence-electron chi connectivity index (χ3n) is 3.47. The van der Waals surface area contributed by atoms with Crippen LogP contribution in [0.15, 0.2) is 6.07 Å². The Labute approximate surface area is 132 Å². The standard InChI is InChI=1S/C13H13BCl2O5/c1-2-8(17)5-7-3-6-4-9(15)11(16)10(13(18)19)12(6)21-14(7)20/h4,7,20H,2-3,5H2,1H3,(H,18,19)/t7-/m1/s1. The Morgan fingerprint density at radius 3 is 2.71 bits per heavy atom. The highest BCUT2D eigenvalue weighted by Gasteiger charge is 2.38. The van der Waals surface area contributed by atoms with Gasteiger partial charge >= 0.3 is 13.1 Å². The lowest BCUT2D eigenvalue weighted by Crippen LogP contribution is -2.35. The van der Waals surface area contributed by atoms with Crippen molar-refractivity contribution in [1.82, 2.24) is 0 Å². The highest BCUT2D eigenvalue weighted by Crippen LogP contribution is 2.42. The SMILES string of the molecule is CCC(=O)C[C@H]1Cc2cc(Cl)c(Cl)c(C(=O)O)c2OB1O. The van der Waals surface area contributed by atoms with Crippen molar-refractivity contribution < 1.29 is 24.4 Å². The van der Waals surface area contributed by atoms with Gasteiger partial charge in [-0.3, -0.25) is 4.79 Å². The summed E-state index contributed by atoms with van der Waals surface area (Å²) < 4.78 is 5.30. The summed E-state index contributed by atoms with van der Waals surface area (Å²) >= 11 is 11.8. The van der Waals surface area contributed by atoms with E-state index in [9.17, 15) is 19.7 Å². The Morgan fingerprint density at radius 2 is 2.14 bits per heavy atom. The lowest BCUT2D eigenvalue weighted by molar-refractivity contribution is -0.118. The molecular formula is C13H13BCl2O5. The molecule has 5 nitrogen and oxygen atoms in total. The van der Waals surface area contributed by atoms with Crippen LogP contribution < -0.4 is 4.65 Å². The molecule has 0 spiro atoms. The van der Waals surface area contributed by atoms with Crippen LogP contribution in [0.4, 0.5) is 0 Å². The van der Waals surface area contributed by atoms with Crippen molar-refractivity contribution in [3.63, 3.8) is 0 Å². The van der Waals surface area contributed by atoms with E-state index < -0.39 is 18.9 Å². The number of fused-ring (bicyclic) bond motifs is 1. The number of Topliss-reactive ketones (excluding diaryl/α,β-unsaturated/α-hetero) is 1. The Hall–Kier alpha value is -1.24. The number of hydrogen-bond donors (Lipinski definition) is 2. The van der Waals surface area contributed by atoms with Gasteiger partial charge in [0.15, 0.2) is 0 Å². The quantitative estimate of drug-likeness (QED) is 0.829. The molecule has 1 aromatic rings. The normalized spacial score (nSPS) is 17.1. The number of ketones is 1. The third-order valence-corrected chi connectivity index (χ3v) is 4.26. The highest BCUT2D eigenvalue weighted by atomic mass is 35.5. The minimum atomic E-state index is -1.28. The van der Waals surface area contributed by atoms with Crippen molar-refractivity contribution in [2.75, 3.05) is 0 Å². The summed E-state index contributed by atoms with van der Waals surface area (Å²) in [5.41, 5.74) is 0.263. The summed E-state index contributed by atoms with van der Waals surface area (Å²) in [6, 6.07) is 1.51. The second-order valence-corrected chi connectivity index (χ2v) is 5.69. The lowest BCUT2D eigenvalue weighted by Gasteiger charge is -2.28. The molecule has 0 aliphatic carbocycles. The van der Waals surface area contributed by atoms with Crippen LogP contribution in [-0.2, 0) is 11.2 Å². The van der Waals surface area contributed by atoms with Gasteiger partial charge in [-0.15, -0.1) is 0 Å². The summed E-state index contributed by atoms with van der Waals surface area (Å²) in [4.78, 5) is 22.8. The topological polar surface area (TPSA) is 83.8 Å². The van der Waals surface area contributed by atoms with Gasteiger partial charge in [0, 0.05) is 18.7 Å². The van der Waals surface area contributed by atoms with Crippen molar-refractivity contribution in [2.45, 2.75) is 32.0 Å². The van der Waals surface area contributed by atoms with Crippen LogP contribution in [0.25, 0.3) is 0 Å². The summed E-state index contributed by atoms with van der Waals surface area (Å²) in [5.74, 6) is -1.69. The lowest BCUT2D eigenvalue weighted by atomic mass is 9.64. The van der Waals surface area contributed by atoms with Crippen molar-refractivity contribution in [3.05, 3.63) is 27.2 Å². The zero-order valence-electron chi connectivity index (χ0n) is 11.2. The largest absolute Gasteiger partial charge is 0.535 e. The van der Waals surface area contributed by atoms with Crippen LogP contribution in [0.2, 0.25) is 15.9 Å². The number of carbonyl (C=O) groups is 2. The molecule has 0 aromatic heterocycles. The number of aromatic carboxylic acids is 1. The van der Waals surface area contributed by atoms with Gasteiger partial charge < -0.3 is 14.8 Å².